The van der Waals surface area contributed by atoms with Crippen molar-refractivity contribution < 1.29 is 4.79 Å². The molecule has 2 heterocycles. The van der Waals surface area contributed by atoms with Crippen molar-refractivity contribution in [1.29, 1.82) is 0 Å². The lowest BCUT2D eigenvalue weighted by molar-refractivity contribution is 0.0954. The number of H-pyrrole nitrogens is 1. The van der Waals surface area contributed by atoms with Crippen LogP contribution in [0.15, 0.2) is 73.2 Å². The Labute approximate surface area is 167 Å². The SMILES string of the molecule is O=C(NCCc1c[nH]c2ccccc12)c1cncc(Nc2ccc(Cl)cc2)c1. The smallest absolute Gasteiger partial charge is 0.252 e. The third kappa shape index (κ3) is 4.15. The van der Waals surface area contributed by atoms with Crippen molar-refractivity contribution in [2.45, 2.75) is 6.42 Å². The van der Waals surface area contributed by atoms with Gasteiger partial charge < -0.3 is 15.6 Å². The van der Waals surface area contributed by atoms with Crippen molar-refractivity contribution in [3.8, 4) is 0 Å². The van der Waals surface area contributed by atoms with Crippen molar-refractivity contribution in [3.63, 3.8) is 0 Å². The zero-order chi connectivity index (χ0) is 19.3. The number of hydrogen-bond acceptors (Lipinski definition) is 3. The molecule has 4 aromatic rings. The first-order valence-corrected chi connectivity index (χ1v) is 9.38. The van der Waals surface area contributed by atoms with Crippen LogP contribution in [0.3, 0.4) is 0 Å². The molecule has 28 heavy (non-hydrogen) atoms. The van der Waals surface area contributed by atoms with Crippen molar-refractivity contribution in [2.75, 3.05) is 11.9 Å². The molecule has 4 rings (SSSR count). The van der Waals surface area contributed by atoms with Crippen LogP contribution in [0.2, 0.25) is 5.02 Å². The van der Waals surface area contributed by atoms with Gasteiger partial charge in [0.1, 0.15) is 0 Å². The molecule has 140 valence electrons. The fourth-order valence-corrected chi connectivity index (χ4v) is 3.21. The van der Waals surface area contributed by atoms with Gasteiger partial charge in [0, 0.05) is 40.6 Å². The maximum Gasteiger partial charge on any atom is 0.252 e. The van der Waals surface area contributed by atoms with Crippen LogP contribution in [0.5, 0.6) is 0 Å². The number of aromatic amines is 1. The van der Waals surface area contributed by atoms with Crippen LogP contribution in [-0.4, -0.2) is 22.4 Å². The van der Waals surface area contributed by atoms with E-state index in [1.165, 1.54) is 10.9 Å². The lowest BCUT2D eigenvalue weighted by atomic mass is 10.1. The molecule has 0 aliphatic heterocycles. The number of rotatable bonds is 6. The quantitative estimate of drug-likeness (QED) is 0.437. The van der Waals surface area contributed by atoms with Crippen molar-refractivity contribution >= 4 is 39.8 Å². The molecule has 0 radical (unpaired) electrons. The number of benzene rings is 2. The monoisotopic (exact) mass is 390 g/mol. The van der Waals surface area contributed by atoms with E-state index in [9.17, 15) is 4.79 Å². The highest BCUT2D eigenvalue weighted by Gasteiger charge is 2.08. The largest absolute Gasteiger partial charge is 0.361 e. The van der Waals surface area contributed by atoms with E-state index in [1.807, 2.05) is 36.5 Å². The Hall–Kier alpha value is -3.31. The van der Waals surface area contributed by atoms with Gasteiger partial charge >= 0.3 is 0 Å². The van der Waals surface area contributed by atoms with E-state index in [4.69, 9.17) is 11.6 Å². The summed E-state index contributed by atoms with van der Waals surface area (Å²) in [5.41, 5.74) is 4.42. The molecule has 0 fully saturated rings. The van der Waals surface area contributed by atoms with Crippen LogP contribution in [0, 0.1) is 0 Å². The van der Waals surface area contributed by atoms with E-state index in [0.29, 0.717) is 17.1 Å². The van der Waals surface area contributed by atoms with Gasteiger partial charge in [-0.25, -0.2) is 0 Å². The van der Waals surface area contributed by atoms with Crippen molar-refractivity contribution in [3.05, 3.63) is 89.3 Å². The summed E-state index contributed by atoms with van der Waals surface area (Å²) in [4.78, 5) is 19.9. The number of anilines is 2. The standard InChI is InChI=1S/C22H19ClN4O/c23-17-5-7-18(8-6-17)27-19-11-16(12-24-14-19)22(28)25-10-9-15-13-26-21-4-2-1-3-20(15)21/h1-8,11-14,26-27H,9-10H2,(H,25,28). The molecule has 5 nitrogen and oxygen atoms in total. The number of carbonyl (C=O) groups is 1. The maximum absolute atomic E-state index is 12.5. The first-order valence-electron chi connectivity index (χ1n) is 9.00. The van der Waals surface area contributed by atoms with Crippen LogP contribution < -0.4 is 10.6 Å². The number of para-hydroxylation sites is 1. The predicted octanol–water partition coefficient (Wildman–Crippen LogP) is 4.93. The Morgan fingerprint density at radius 2 is 1.86 bits per heavy atom. The minimum Gasteiger partial charge on any atom is -0.361 e. The third-order valence-electron chi connectivity index (χ3n) is 4.49. The summed E-state index contributed by atoms with van der Waals surface area (Å²) in [6.07, 6.45) is 5.99. The number of nitrogens with zero attached hydrogens (tertiary/aromatic N) is 1. The van der Waals surface area contributed by atoms with E-state index in [0.717, 1.165) is 23.3 Å². The van der Waals surface area contributed by atoms with Gasteiger partial charge in [-0.1, -0.05) is 29.8 Å². The molecule has 0 aliphatic rings. The average molecular weight is 391 g/mol. The average Bonchev–Trinajstić information content (AvgIpc) is 3.13. The summed E-state index contributed by atoms with van der Waals surface area (Å²) in [5.74, 6) is -0.146. The lowest BCUT2D eigenvalue weighted by Gasteiger charge is -2.09. The van der Waals surface area contributed by atoms with E-state index in [1.54, 1.807) is 30.6 Å². The third-order valence-corrected chi connectivity index (χ3v) is 4.74. The van der Waals surface area contributed by atoms with Crippen molar-refractivity contribution in [2.24, 2.45) is 0 Å². The second-order valence-corrected chi connectivity index (χ2v) is 6.90. The maximum atomic E-state index is 12.5. The van der Waals surface area contributed by atoms with E-state index in [2.05, 4.69) is 26.7 Å². The number of hydrogen-bond donors (Lipinski definition) is 3. The number of pyridine rings is 1. The number of nitrogens with one attached hydrogen (secondary N) is 3. The Bertz CT molecular complexity index is 1100. The minimum atomic E-state index is -0.146. The fourth-order valence-electron chi connectivity index (χ4n) is 3.08. The van der Waals surface area contributed by atoms with Crippen LogP contribution in [0.1, 0.15) is 15.9 Å². The molecule has 3 N–H and O–H groups in total. The molecule has 0 atom stereocenters. The Balaban J connectivity index is 1.37. The van der Waals surface area contributed by atoms with Gasteiger partial charge in [-0.15, -0.1) is 0 Å². The molecule has 0 spiro atoms. The number of carbonyl (C=O) groups excluding carboxylic acids is 1. The summed E-state index contributed by atoms with van der Waals surface area (Å²) in [6, 6.07) is 17.3. The topological polar surface area (TPSA) is 69.8 Å². The predicted molar refractivity (Wildman–Crippen MR) is 113 cm³/mol. The lowest BCUT2D eigenvalue weighted by Crippen LogP contribution is -2.25. The summed E-state index contributed by atoms with van der Waals surface area (Å²) in [7, 11) is 0. The van der Waals surface area contributed by atoms with Gasteiger partial charge in [0.05, 0.1) is 17.4 Å². The van der Waals surface area contributed by atoms with Crippen LogP contribution in [-0.2, 0) is 6.42 Å². The summed E-state index contributed by atoms with van der Waals surface area (Å²) in [5, 5.41) is 8.04. The van der Waals surface area contributed by atoms with Gasteiger partial charge in [-0.05, 0) is 48.4 Å². The highest BCUT2D eigenvalue weighted by atomic mass is 35.5. The fraction of sp³-hybridized carbons (Fsp3) is 0.0909. The summed E-state index contributed by atoms with van der Waals surface area (Å²) >= 11 is 5.90. The first-order chi connectivity index (χ1) is 13.7. The normalized spacial score (nSPS) is 10.8. The molecular weight excluding hydrogens is 372 g/mol. The van der Waals surface area contributed by atoms with Gasteiger partial charge in [0.2, 0.25) is 0 Å². The molecule has 0 aliphatic carbocycles. The first kappa shape index (κ1) is 18.1. The molecule has 1 amide bonds. The Kier molecular flexibility index (Phi) is 5.26. The van der Waals surface area contributed by atoms with Gasteiger partial charge in [0.15, 0.2) is 0 Å². The van der Waals surface area contributed by atoms with E-state index in [-0.39, 0.29) is 5.91 Å². The van der Waals surface area contributed by atoms with Gasteiger partial charge in [-0.3, -0.25) is 9.78 Å². The number of fused-ring (bicyclic) bond motifs is 1. The molecular formula is C22H19ClN4O. The van der Waals surface area contributed by atoms with Crippen molar-refractivity contribution in [1.82, 2.24) is 15.3 Å². The molecule has 0 saturated carbocycles. The summed E-state index contributed by atoms with van der Waals surface area (Å²) in [6.45, 7) is 0.551. The highest BCUT2D eigenvalue weighted by molar-refractivity contribution is 6.30. The molecule has 0 saturated heterocycles. The van der Waals surface area contributed by atoms with Gasteiger partial charge in [0.25, 0.3) is 5.91 Å². The highest BCUT2D eigenvalue weighted by Crippen LogP contribution is 2.20. The van der Waals surface area contributed by atoms with E-state index >= 15 is 0 Å². The zero-order valence-corrected chi connectivity index (χ0v) is 15.8. The zero-order valence-electron chi connectivity index (χ0n) is 15.1. The van der Waals surface area contributed by atoms with Crippen LogP contribution in [0.25, 0.3) is 10.9 Å². The molecule has 0 bridgehead atoms. The van der Waals surface area contributed by atoms with E-state index < -0.39 is 0 Å². The number of amides is 1. The molecule has 2 aromatic carbocycles. The molecule has 6 heteroatoms. The molecule has 2 aromatic heterocycles. The Morgan fingerprint density at radius 1 is 1.04 bits per heavy atom. The molecule has 0 unspecified atom stereocenters. The number of halogens is 1. The Morgan fingerprint density at radius 3 is 2.71 bits per heavy atom. The number of aromatic nitrogens is 2. The van der Waals surface area contributed by atoms with Crippen LogP contribution >= 0.6 is 11.6 Å². The second kappa shape index (κ2) is 8.15. The van der Waals surface area contributed by atoms with Gasteiger partial charge in [-0.2, -0.15) is 0 Å². The van der Waals surface area contributed by atoms with Crippen LogP contribution in [0.4, 0.5) is 11.4 Å². The summed E-state index contributed by atoms with van der Waals surface area (Å²) < 4.78 is 0. The second-order valence-electron chi connectivity index (χ2n) is 6.46. The minimum absolute atomic E-state index is 0.146.